The van der Waals surface area contributed by atoms with E-state index in [9.17, 15) is 10.1 Å². The monoisotopic (exact) mass is 358 g/mol. The molecule has 0 saturated carbocycles. The van der Waals surface area contributed by atoms with E-state index >= 15 is 0 Å². The number of H-pyrrole nitrogens is 1. The smallest absolute Gasteiger partial charge is 0.205 e. The first-order chi connectivity index (χ1) is 13.2. The van der Waals surface area contributed by atoms with Gasteiger partial charge in [0.15, 0.2) is 11.5 Å². The van der Waals surface area contributed by atoms with Gasteiger partial charge in [-0.3, -0.25) is 4.79 Å². The van der Waals surface area contributed by atoms with Crippen LogP contribution in [0.4, 0.5) is 0 Å². The Morgan fingerprint density at radius 1 is 1.22 bits per heavy atom. The maximum atomic E-state index is 13.0. The van der Waals surface area contributed by atoms with Crippen LogP contribution in [0.3, 0.4) is 0 Å². The largest absolute Gasteiger partial charge is 0.486 e. The van der Waals surface area contributed by atoms with Gasteiger partial charge in [-0.1, -0.05) is 31.2 Å². The number of nitriles is 1. The van der Waals surface area contributed by atoms with Crippen LogP contribution in [-0.2, 0) is 6.42 Å². The molecular weight excluding hydrogens is 340 g/mol. The number of rotatable bonds is 4. The van der Waals surface area contributed by atoms with Gasteiger partial charge in [0.2, 0.25) is 5.78 Å². The van der Waals surface area contributed by atoms with Crippen LogP contribution in [-0.4, -0.2) is 24.0 Å². The number of ether oxygens (including phenoxy) is 2. The SMILES string of the molecule is CCc1cccc2c(C(=O)/C(C#N)=C/c3ccc4c(c3)OCCO4)c[nH]c12. The summed E-state index contributed by atoms with van der Waals surface area (Å²) < 4.78 is 11.1. The lowest BCUT2D eigenvalue weighted by atomic mass is 9.99. The van der Waals surface area contributed by atoms with Crippen molar-refractivity contribution in [2.75, 3.05) is 13.2 Å². The topological polar surface area (TPSA) is 75.1 Å². The summed E-state index contributed by atoms with van der Waals surface area (Å²) in [6, 6.07) is 13.3. The first-order valence-electron chi connectivity index (χ1n) is 8.86. The molecule has 2 aromatic carbocycles. The number of ketones is 1. The summed E-state index contributed by atoms with van der Waals surface area (Å²) in [5.74, 6) is 0.998. The number of fused-ring (bicyclic) bond motifs is 2. The molecule has 1 aliphatic heterocycles. The van der Waals surface area contributed by atoms with Crippen LogP contribution < -0.4 is 9.47 Å². The highest BCUT2D eigenvalue weighted by Crippen LogP contribution is 2.32. The minimum Gasteiger partial charge on any atom is -0.486 e. The van der Waals surface area contributed by atoms with Crippen LogP contribution in [0.15, 0.2) is 48.2 Å². The number of aromatic amines is 1. The number of carbonyl (C=O) groups is 1. The quantitative estimate of drug-likeness (QED) is 0.429. The Balaban J connectivity index is 1.72. The highest BCUT2D eigenvalue weighted by molar-refractivity contribution is 6.20. The predicted molar refractivity (Wildman–Crippen MR) is 103 cm³/mol. The zero-order valence-electron chi connectivity index (χ0n) is 14.9. The van der Waals surface area contributed by atoms with Crippen molar-refractivity contribution in [3.8, 4) is 17.6 Å². The number of para-hydroxylation sites is 1. The van der Waals surface area contributed by atoms with Crippen molar-refractivity contribution in [3.05, 3.63) is 64.9 Å². The van der Waals surface area contributed by atoms with Crippen LogP contribution in [0.2, 0.25) is 0 Å². The number of aromatic nitrogens is 1. The second-order valence-corrected chi connectivity index (χ2v) is 6.30. The Hall–Kier alpha value is -3.52. The fourth-order valence-electron chi connectivity index (χ4n) is 3.31. The molecule has 0 aliphatic carbocycles. The molecule has 5 nitrogen and oxygen atoms in total. The third-order valence-electron chi connectivity index (χ3n) is 4.67. The number of allylic oxidation sites excluding steroid dienone is 1. The Morgan fingerprint density at radius 3 is 2.81 bits per heavy atom. The van der Waals surface area contributed by atoms with Crippen molar-refractivity contribution in [1.82, 2.24) is 4.98 Å². The molecule has 4 rings (SSSR count). The van der Waals surface area contributed by atoms with Crippen molar-refractivity contribution in [2.45, 2.75) is 13.3 Å². The van der Waals surface area contributed by atoms with Gasteiger partial charge in [-0.2, -0.15) is 5.26 Å². The standard InChI is InChI=1S/C22H18N2O3/c1-2-15-4-3-5-17-18(13-24-21(15)17)22(25)16(12-23)10-14-6-7-19-20(11-14)27-9-8-26-19/h3-7,10-11,13,24H,2,8-9H2,1H3/b16-10+. The Labute approximate surface area is 156 Å². The summed E-state index contributed by atoms with van der Waals surface area (Å²) in [5.41, 5.74) is 3.39. The predicted octanol–water partition coefficient (Wildman–Crippen LogP) is 4.29. The zero-order valence-corrected chi connectivity index (χ0v) is 14.9. The van der Waals surface area contributed by atoms with Crippen LogP contribution in [0.1, 0.15) is 28.4 Å². The van der Waals surface area contributed by atoms with Gasteiger partial charge in [0.1, 0.15) is 24.9 Å². The molecule has 1 N–H and O–H groups in total. The molecule has 1 aromatic heterocycles. The minimum absolute atomic E-state index is 0.0782. The molecule has 0 bridgehead atoms. The molecule has 0 atom stereocenters. The van der Waals surface area contributed by atoms with E-state index in [4.69, 9.17) is 9.47 Å². The summed E-state index contributed by atoms with van der Waals surface area (Å²) in [6.07, 6.45) is 4.13. The molecule has 1 aliphatic rings. The molecule has 3 aromatic rings. The average molecular weight is 358 g/mol. The van der Waals surface area contributed by atoms with Gasteiger partial charge < -0.3 is 14.5 Å². The van der Waals surface area contributed by atoms with Gasteiger partial charge in [-0.05, 0) is 35.8 Å². The number of Topliss-reactive ketones (excluding diaryl/α,β-unsaturated/α-hetero) is 1. The number of nitrogens with zero attached hydrogens (tertiary/aromatic N) is 1. The van der Waals surface area contributed by atoms with Crippen LogP contribution in [0, 0.1) is 11.3 Å². The molecule has 27 heavy (non-hydrogen) atoms. The third kappa shape index (κ3) is 3.06. The van der Waals surface area contributed by atoms with Gasteiger partial charge in [0.05, 0.1) is 0 Å². The van der Waals surface area contributed by atoms with Crippen molar-refractivity contribution < 1.29 is 14.3 Å². The van der Waals surface area contributed by atoms with Crippen molar-refractivity contribution in [2.24, 2.45) is 0 Å². The maximum Gasteiger partial charge on any atom is 0.205 e. The lowest BCUT2D eigenvalue weighted by molar-refractivity contribution is 0.104. The van der Waals surface area contributed by atoms with Crippen molar-refractivity contribution in [3.63, 3.8) is 0 Å². The first-order valence-corrected chi connectivity index (χ1v) is 8.86. The van der Waals surface area contributed by atoms with E-state index in [1.54, 1.807) is 24.4 Å². The third-order valence-corrected chi connectivity index (χ3v) is 4.67. The number of hydrogen-bond acceptors (Lipinski definition) is 4. The molecule has 0 unspecified atom stereocenters. The fraction of sp³-hybridized carbons (Fsp3) is 0.182. The van der Waals surface area contributed by atoms with Crippen molar-refractivity contribution in [1.29, 1.82) is 5.26 Å². The summed E-state index contributed by atoms with van der Waals surface area (Å²) in [6.45, 7) is 3.07. The normalized spacial score (nSPS) is 13.4. The van der Waals surface area contributed by atoms with Crippen LogP contribution >= 0.6 is 0 Å². The average Bonchev–Trinajstić information content (AvgIpc) is 3.15. The zero-order chi connectivity index (χ0) is 18.8. The molecule has 134 valence electrons. The lowest BCUT2D eigenvalue weighted by Crippen LogP contribution is -2.15. The number of aryl methyl sites for hydroxylation is 1. The second kappa shape index (κ2) is 7.00. The molecular formula is C22H18N2O3. The van der Waals surface area contributed by atoms with E-state index in [-0.39, 0.29) is 11.4 Å². The molecule has 0 saturated heterocycles. The molecule has 0 spiro atoms. The van der Waals surface area contributed by atoms with Crippen LogP contribution in [0.25, 0.3) is 17.0 Å². The Kier molecular flexibility index (Phi) is 4.39. The maximum absolute atomic E-state index is 13.0. The Bertz CT molecular complexity index is 1100. The summed E-state index contributed by atoms with van der Waals surface area (Å²) in [5, 5.41) is 10.4. The number of hydrogen-bond donors (Lipinski definition) is 1. The number of carbonyl (C=O) groups excluding carboxylic acids is 1. The molecule has 2 heterocycles. The summed E-state index contributed by atoms with van der Waals surface area (Å²) >= 11 is 0. The molecule has 0 amide bonds. The Morgan fingerprint density at radius 2 is 2.04 bits per heavy atom. The van der Waals surface area contributed by atoms with Gasteiger partial charge >= 0.3 is 0 Å². The summed E-state index contributed by atoms with van der Waals surface area (Å²) in [4.78, 5) is 16.2. The summed E-state index contributed by atoms with van der Waals surface area (Å²) in [7, 11) is 0. The lowest BCUT2D eigenvalue weighted by Gasteiger charge is -2.18. The van der Waals surface area contributed by atoms with Gasteiger partial charge in [-0.15, -0.1) is 0 Å². The van der Waals surface area contributed by atoms with E-state index in [0.29, 0.717) is 30.3 Å². The van der Waals surface area contributed by atoms with Crippen LogP contribution in [0.5, 0.6) is 11.5 Å². The van der Waals surface area contributed by atoms with Crippen molar-refractivity contribution >= 4 is 22.8 Å². The van der Waals surface area contributed by atoms with E-state index in [1.807, 2.05) is 30.3 Å². The highest BCUT2D eigenvalue weighted by Gasteiger charge is 2.18. The van der Waals surface area contributed by atoms with E-state index < -0.39 is 0 Å². The molecule has 0 radical (unpaired) electrons. The van der Waals surface area contributed by atoms with E-state index in [0.717, 1.165) is 28.5 Å². The van der Waals surface area contributed by atoms with E-state index in [1.165, 1.54) is 0 Å². The van der Waals surface area contributed by atoms with Gasteiger partial charge in [0, 0.05) is 22.7 Å². The molecule has 0 fully saturated rings. The van der Waals surface area contributed by atoms with Gasteiger partial charge in [-0.25, -0.2) is 0 Å². The number of benzene rings is 2. The number of nitrogens with one attached hydrogen (secondary N) is 1. The molecule has 5 heteroatoms. The highest BCUT2D eigenvalue weighted by atomic mass is 16.6. The fourth-order valence-corrected chi connectivity index (χ4v) is 3.31. The minimum atomic E-state index is -0.299. The second-order valence-electron chi connectivity index (χ2n) is 6.30. The van der Waals surface area contributed by atoms with E-state index in [2.05, 4.69) is 11.9 Å². The first kappa shape index (κ1) is 16.9. The van der Waals surface area contributed by atoms with Gasteiger partial charge in [0.25, 0.3) is 0 Å².